The van der Waals surface area contributed by atoms with Crippen molar-refractivity contribution < 1.29 is 18.0 Å². The van der Waals surface area contributed by atoms with E-state index in [0.717, 1.165) is 5.56 Å². The van der Waals surface area contributed by atoms with Crippen LogP contribution in [0.5, 0.6) is 0 Å². The van der Waals surface area contributed by atoms with Crippen molar-refractivity contribution in [2.24, 2.45) is 5.14 Å². The molecule has 0 radical (unpaired) electrons. The van der Waals surface area contributed by atoms with E-state index in [1.807, 2.05) is 30.3 Å². The molecular weight excluding hydrogens is 368 g/mol. The Morgan fingerprint density at radius 1 is 1.04 bits per heavy atom. The van der Waals surface area contributed by atoms with E-state index in [1.165, 1.54) is 12.1 Å². The molecule has 9 heteroatoms. The van der Waals surface area contributed by atoms with E-state index in [9.17, 15) is 18.0 Å². The summed E-state index contributed by atoms with van der Waals surface area (Å²) >= 11 is 0. The zero-order valence-corrected chi connectivity index (χ0v) is 15.9. The van der Waals surface area contributed by atoms with Crippen molar-refractivity contribution >= 4 is 33.2 Å². The van der Waals surface area contributed by atoms with Crippen molar-refractivity contribution in [3.05, 3.63) is 54.1 Å². The lowest BCUT2D eigenvalue weighted by Gasteiger charge is -2.19. The molecule has 27 heavy (non-hydrogen) atoms. The topological polar surface area (TPSA) is 122 Å². The number of hydrogen-bond acceptors (Lipinski definition) is 5. The summed E-state index contributed by atoms with van der Waals surface area (Å²) in [6, 6.07) is 13.4. The van der Waals surface area contributed by atoms with E-state index in [0.29, 0.717) is 5.69 Å². The molecule has 0 aliphatic carbocycles. The molecule has 0 bridgehead atoms. The van der Waals surface area contributed by atoms with E-state index >= 15 is 0 Å². The summed E-state index contributed by atoms with van der Waals surface area (Å²) in [6.45, 7) is -0.238. The number of carbonyl (C=O) groups excluding carboxylic acids is 2. The Balaban J connectivity index is 2.03. The third-order valence-corrected chi connectivity index (χ3v) is 4.62. The van der Waals surface area contributed by atoms with Gasteiger partial charge in [0, 0.05) is 14.1 Å². The number of nitrogens with zero attached hydrogens (tertiary/aromatic N) is 1. The second-order valence-corrected chi connectivity index (χ2v) is 7.67. The smallest absolute Gasteiger partial charge is 0.243 e. The molecular formula is C18H22N4O4S. The molecule has 4 N–H and O–H groups in total. The predicted molar refractivity (Wildman–Crippen MR) is 104 cm³/mol. The van der Waals surface area contributed by atoms with Gasteiger partial charge in [0.1, 0.15) is 0 Å². The Labute approximate surface area is 158 Å². The lowest BCUT2D eigenvalue weighted by atomic mass is 10.1. The van der Waals surface area contributed by atoms with Crippen LogP contribution in [-0.2, 0) is 26.0 Å². The van der Waals surface area contributed by atoms with Crippen LogP contribution < -0.4 is 20.7 Å². The quantitative estimate of drug-likeness (QED) is 0.642. The molecule has 2 aromatic carbocycles. The number of sulfonamides is 1. The molecule has 0 saturated carbocycles. The average Bonchev–Trinajstić information content (AvgIpc) is 2.60. The summed E-state index contributed by atoms with van der Waals surface area (Å²) in [4.78, 5) is 25.7. The molecule has 144 valence electrons. The van der Waals surface area contributed by atoms with Crippen LogP contribution in [0.2, 0.25) is 0 Å². The van der Waals surface area contributed by atoms with Crippen molar-refractivity contribution in [3.8, 4) is 0 Å². The fourth-order valence-electron chi connectivity index (χ4n) is 2.40. The van der Waals surface area contributed by atoms with E-state index in [-0.39, 0.29) is 29.5 Å². The van der Waals surface area contributed by atoms with Gasteiger partial charge in [-0.1, -0.05) is 30.3 Å². The molecule has 0 spiro atoms. The lowest BCUT2D eigenvalue weighted by molar-refractivity contribution is -0.123. The van der Waals surface area contributed by atoms with Crippen molar-refractivity contribution in [1.82, 2.24) is 5.32 Å². The van der Waals surface area contributed by atoms with Crippen LogP contribution in [0.1, 0.15) is 5.56 Å². The second-order valence-electron chi connectivity index (χ2n) is 6.11. The number of anilines is 2. The molecule has 0 saturated heterocycles. The molecule has 2 amide bonds. The van der Waals surface area contributed by atoms with E-state index in [4.69, 9.17) is 5.14 Å². The van der Waals surface area contributed by atoms with E-state index in [1.54, 1.807) is 25.1 Å². The summed E-state index contributed by atoms with van der Waals surface area (Å²) in [7, 11) is -0.397. The van der Waals surface area contributed by atoms with E-state index in [2.05, 4.69) is 10.6 Å². The van der Waals surface area contributed by atoms with Gasteiger partial charge in [0.25, 0.3) is 0 Å². The summed E-state index contributed by atoms with van der Waals surface area (Å²) in [6.07, 6.45) is 0.165. The Bertz CT molecular complexity index is 928. The van der Waals surface area contributed by atoms with Crippen LogP contribution in [0.4, 0.5) is 11.4 Å². The Morgan fingerprint density at radius 2 is 1.70 bits per heavy atom. The van der Waals surface area contributed by atoms with Crippen molar-refractivity contribution in [2.45, 2.75) is 11.3 Å². The largest absolute Gasteiger partial charge is 0.376 e. The predicted octanol–water partition coefficient (Wildman–Crippen LogP) is 0.697. The molecule has 8 nitrogen and oxygen atoms in total. The molecule has 0 unspecified atom stereocenters. The van der Waals surface area contributed by atoms with Crippen LogP contribution in [0.25, 0.3) is 0 Å². The first kappa shape index (κ1) is 20.4. The maximum Gasteiger partial charge on any atom is 0.243 e. The maximum atomic E-state index is 12.2. The van der Waals surface area contributed by atoms with Gasteiger partial charge >= 0.3 is 0 Å². The van der Waals surface area contributed by atoms with Crippen LogP contribution >= 0.6 is 0 Å². The number of benzene rings is 2. The van der Waals surface area contributed by atoms with Gasteiger partial charge in [-0.3, -0.25) is 9.59 Å². The molecule has 0 aliphatic rings. The molecule has 0 heterocycles. The van der Waals surface area contributed by atoms with Gasteiger partial charge in [0.2, 0.25) is 21.8 Å². The van der Waals surface area contributed by atoms with Crippen LogP contribution in [0.3, 0.4) is 0 Å². The third-order valence-electron chi connectivity index (χ3n) is 3.71. The van der Waals surface area contributed by atoms with Crippen LogP contribution in [-0.4, -0.2) is 40.9 Å². The minimum absolute atomic E-state index is 0.114. The summed E-state index contributed by atoms with van der Waals surface area (Å²) in [5.41, 5.74) is 1.73. The van der Waals surface area contributed by atoms with Crippen LogP contribution in [0.15, 0.2) is 53.4 Å². The number of primary sulfonamides is 1. The van der Waals surface area contributed by atoms with Gasteiger partial charge in [-0.15, -0.1) is 0 Å². The monoisotopic (exact) mass is 390 g/mol. The SMILES string of the molecule is CN(C)c1ccc(S(N)(=O)=O)cc1NC(=O)CNC(=O)Cc1ccccc1. The first-order chi connectivity index (χ1) is 12.7. The first-order valence-electron chi connectivity index (χ1n) is 8.11. The highest BCUT2D eigenvalue weighted by molar-refractivity contribution is 7.89. The molecule has 0 aliphatic heterocycles. The minimum Gasteiger partial charge on any atom is -0.376 e. The Kier molecular flexibility index (Phi) is 6.54. The van der Waals surface area contributed by atoms with Gasteiger partial charge in [0.05, 0.1) is 29.2 Å². The Hall–Kier alpha value is -2.91. The van der Waals surface area contributed by atoms with E-state index < -0.39 is 15.9 Å². The zero-order chi connectivity index (χ0) is 20.0. The van der Waals surface area contributed by atoms with Crippen molar-refractivity contribution in [2.75, 3.05) is 30.9 Å². The fraction of sp³-hybridized carbons (Fsp3) is 0.222. The summed E-state index contributed by atoms with van der Waals surface area (Å²) in [5.74, 6) is -0.770. The van der Waals surface area contributed by atoms with Gasteiger partial charge in [-0.2, -0.15) is 0 Å². The van der Waals surface area contributed by atoms with Crippen LogP contribution in [0, 0.1) is 0 Å². The third kappa shape index (κ3) is 6.08. The number of rotatable bonds is 7. The maximum absolute atomic E-state index is 12.2. The van der Waals surface area contributed by atoms with Gasteiger partial charge in [-0.05, 0) is 23.8 Å². The number of carbonyl (C=O) groups is 2. The number of hydrogen-bond donors (Lipinski definition) is 3. The minimum atomic E-state index is -3.90. The lowest BCUT2D eigenvalue weighted by Crippen LogP contribution is -2.34. The normalized spacial score (nSPS) is 10.9. The summed E-state index contributed by atoms with van der Waals surface area (Å²) < 4.78 is 23.1. The Morgan fingerprint density at radius 3 is 2.30 bits per heavy atom. The highest BCUT2D eigenvalue weighted by Crippen LogP contribution is 2.27. The molecule has 0 aromatic heterocycles. The highest BCUT2D eigenvalue weighted by Gasteiger charge is 2.15. The number of nitrogens with two attached hydrogens (primary N) is 1. The van der Waals surface area contributed by atoms with Crippen molar-refractivity contribution in [3.63, 3.8) is 0 Å². The van der Waals surface area contributed by atoms with Gasteiger partial charge < -0.3 is 15.5 Å². The molecule has 0 fully saturated rings. The fourth-order valence-corrected chi connectivity index (χ4v) is 2.94. The number of amides is 2. The van der Waals surface area contributed by atoms with Crippen molar-refractivity contribution in [1.29, 1.82) is 0 Å². The highest BCUT2D eigenvalue weighted by atomic mass is 32.2. The number of nitrogens with one attached hydrogen (secondary N) is 2. The average molecular weight is 390 g/mol. The zero-order valence-electron chi connectivity index (χ0n) is 15.1. The second kappa shape index (κ2) is 8.65. The first-order valence-corrected chi connectivity index (χ1v) is 9.66. The van der Waals surface area contributed by atoms with Gasteiger partial charge in [-0.25, -0.2) is 13.6 Å². The molecule has 0 atom stereocenters. The molecule has 2 aromatic rings. The van der Waals surface area contributed by atoms with Gasteiger partial charge in [0.15, 0.2) is 0 Å². The molecule has 2 rings (SSSR count). The standard InChI is InChI=1S/C18H22N4O4S/c1-22(2)16-9-8-14(27(19,25)26)11-15(16)21-18(24)12-20-17(23)10-13-6-4-3-5-7-13/h3-9,11H,10,12H2,1-2H3,(H,20,23)(H,21,24)(H2,19,25,26). The summed E-state index contributed by atoms with van der Waals surface area (Å²) in [5, 5.41) is 10.3.